The van der Waals surface area contributed by atoms with Crippen LogP contribution in [0.25, 0.3) is 0 Å². The van der Waals surface area contributed by atoms with Gasteiger partial charge >= 0.3 is 0 Å². The number of carbonyl (C=O) groups excluding carboxylic acids is 1. The molecule has 1 aromatic carbocycles. The smallest absolute Gasteiger partial charge is 0.241 e. The first kappa shape index (κ1) is 12.6. The molecule has 3 nitrogen and oxygen atoms in total. The van der Waals surface area contributed by atoms with Crippen molar-refractivity contribution in [2.75, 3.05) is 6.54 Å². The average Bonchev–Trinajstić information content (AvgIpc) is 3.00. The van der Waals surface area contributed by atoms with E-state index in [1.807, 2.05) is 17.9 Å². The van der Waals surface area contributed by atoms with E-state index in [2.05, 4.69) is 12.2 Å². The van der Waals surface area contributed by atoms with Crippen LogP contribution >= 0.6 is 0 Å². The molecule has 1 aromatic rings. The van der Waals surface area contributed by atoms with Gasteiger partial charge in [-0.3, -0.25) is 10.1 Å². The van der Waals surface area contributed by atoms with Crippen molar-refractivity contribution < 1.29 is 9.18 Å². The lowest BCUT2D eigenvalue weighted by Crippen LogP contribution is -2.32. The highest BCUT2D eigenvalue weighted by Gasteiger charge is 2.42. The fraction of sp³-hybridized carbons (Fsp3) is 0.533. The number of amides is 1. The van der Waals surface area contributed by atoms with Crippen molar-refractivity contribution >= 4 is 5.91 Å². The van der Waals surface area contributed by atoms with Crippen LogP contribution in [-0.4, -0.2) is 23.4 Å². The van der Waals surface area contributed by atoms with E-state index in [-0.39, 0.29) is 23.9 Å². The second kappa shape index (κ2) is 4.60. The summed E-state index contributed by atoms with van der Waals surface area (Å²) in [6.45, 7) is 4.85. The number of benzene rings is 1. The summed E-state index contributed by atoms with van der Waals surface area (Å²) in [7, 11) is 0. The van der Waals surface area contributed by atoms with Crippen molar-refractivity contribution in [2.45, 2.75) is 32.5 Å². The highest BCUT2D eigenvalue weighted by molar-refractivity contribution is 5.84. The fourth-order valence-electron chi connectivity index (χ4n) is 2.83. The Kier molecular flexibility index (Phi) is 3.05. The van der Waals surface area contributed by atoms with E-state index >= 15 is 0 Å². The van der Waals surface area contributed by atoms with E-state index in [4.69, 9.17) is 0 Å². The number of hydrogen-bond donors (Lipinski definition) is 1. The summed E-state index contributed by atoms with van der Waals surface area (Å²) < 4.78 is 13.3. The van der Waals surface area contributed by atoms with Gasteiger partial charge < -0.3 is 4.90 Å². The van der Waals surface area contributed by atoms with Gasteiger partial charge in [-0.25, -0.2) is 4.39 Å². The van der Waals surface area contributed by atoms with Crippen LogP contribution in [0.1, 0.15) is 32.0 Å². The standard InChI is InChI=1S/C15H19FN2O/c1-9-6-12(9)8-18-14(17-10(2)15(18)19)11-4-3-5-13(16)7-11/h3-5,7,9-10,12,14,17H,6,8H2,1-2H3. The first-order chi connectivity index (χ1) is 9.06. The molecule has 102 valence electrons. The van der Waals surface area contributed by atoms with Crippen molar-refractivity contribution in [3.05, 3.63) is 35.6 Å². The zero-order chi connectivity index (χ0) is 13.6. The predicted molar refractivity (Wildman–Crippen MR) is 70.7 cm³/mol. The van der Waals surface area contributed by atoms with Crippen LogP contribution in [-0.2, 0) is 4.79 Å². The minimum atomic E-state index is -0.258. The van der Waals surface area contributed by atoms with Gasteiger partial charge in [-0.2, -0.15) is 0 Å². The maximum atomic E-state index is 13.3. The predicted octanol–water partition coefficient (Wildman–Crippen LogP) is 2.30. The largest absolute Gasteiger partial charge is 0.321 e. The Balaban J connectivity index is 1.83. The van der Waals surface area contributed by atoms with E-state index in [1.54, 1.807) is 6.07 Å². The molecular weight excluding hydrogens is 243 g/mol. The minimum absolute atomic E-state index is 0.119. The summed E-state index contributed by atoms with van der Waals surface area (Å²) in [5.41, 5.74) is 0.825. The Morgan fingerprint density at radius 1 is 1.42 bits per heavy atom. The molecule has 1 N–H and O–H groups in total. The van der Waals surface area contributed by atoms with Crippen molar-refractivity contribution in [2.24, 2.45) is 11.8 Å². The van der Waals surface area contributed by atoms with Gasteiger partial charge in [-0.15, -0.1) is 0 Å². The Bertz CT molecular complexity index is 505. The summed E-state index contributed by atoms with van der Waals surface area (Å²) >= 11 is 0. The fourth-order valence-corrected chi connectivity index (χ4v) is 2.83. The van der Waals surface area contributed by atoms with Crippen LogP contribution in [0.3, 0.4) is 0 Å². The van der Waals surface area contributed by atoms with Crippen molar-refractivity contribution in [1.29, 1.82) is 0 Å². The summed E-state index contributed by atoms with van der Waals surface area (Å²) in [6.07, 6.45) is 1.000. The van der Waals surface area contributed by atoms with Gasteiger partial charge in [-0.05, 0) is 42.9 Å². The number of nitrogens with one attached hydrogen (secondary N) is 1. The molecule has 1 saturated heterocycles. The molecule has 1 heterocycles. The van der Waals surface area contributed by atoms with Gasteiger partial charge in [0.1, 0.15) is 12.0 Å². The van der Waals surface area contributed by atoms with Crippen LogP contribution in [0.15, 0.2) is 24.3 Å². The van der Waals surface area contributed by atoms with Crippen LogP contribution in [0.4, 0.5) is 4.39 Å². The molecule has 0 radical (unpaired) electrons. The Hall–Kier alpha value is -1.42. The molecule has 0 aromatic heterocycles. The lowest BCUT2D eigenvalue weighted by Gasteiger charge is -2.24. The Labute approximate surface area is 112 Å². The molecule has 0 spiro atoms. The third kappa shape index (κ3) is 2.37. The summed E-state index contributed by atoms with van der Waals surface area (Å²) in [4.78, 5) is 14.1. The first-order valence-electron chi connectivity index (χ1n) is 6.88. The molecule has 1 aliphatic heterocycles. The lowest BCUT2D eigenvalue weighted by molar-refractivity contribution is -0.130. The quantitative estimate of drug-likeness (QED) is 0.906. The second-order valence-corrected chi connectivity index (χ2v) is 5.81. The van der Waals surface area contributed by atoms with E-state index in [0.29, 0.717) is 11.8 Å². The molecule has 4 unspecified atom stereocenters. The molecule has 2 aliphatic rings. The molecule has 1 amide bonds. The maximum Gasteiger partial charge on any atom is 0.241 e. The van der Waals surface area contributed by atoms with E-state index < -0.39 is 0 Å². The Morgan fingerprint density at radius 2 is 2.16 bits per heavy atom. The SMILES string of the molecule is CC1NC(c2cccc(F)c2)N(CC2CC2C)C1=O. The normalized spacial score (nSPS) is 33.8. The topological polar surface area (TPSA) is 32.3 Å². The molecule has 4 heteroatoms. The summed E-state index contributed by atoms with van der Waals surface area (Å²) in [5.74, 6) is 1.17. The van der Waals surface area contributed by atoms with Crippen molar-refractivity contribution in [3.8, 4) is 0 Å². The maximum absolute atomic E-state index is 13.3. The molecule has 2 fully saturated rings. The molecule has 4 atom stereocenters. The average molecular weight is 262 g/mol. The van der Waals surface area contributed by atoms with Crippen LogP contribution in [0.5, 0.6) is 0 Å². The van der Waals surface area contributed by atoms with Crippen LogP contribution in [0.2, 0.25) is 0 Å². The first-order valence-corrected chi connectivity index (χ1v) is 6.88. The molecule has 0 bridgehead atoms. The van der Waals surface area contributed by atoms with Gasteiger partial charge in [0.15, 0.2) is 0 Å². The van der Waals surface area contributed by atoms with Crippen LogP contribution < -0.4 is 5.32 Å². The van der Waals surface area contributed by atoms with Gasteiger partial charge in [0.05, 0.1) is 6.04 Å². The zero-order valence-corrected chi connectivity index (χ0v) is 11.3. The molecule has 3 rings (SSSR count). The second-order valence-electron chi connectivity index (χ2n) is 5.81. The highest BCUT2D eigenvalue weighted by Crippen LogP contribution is 2.40. The zero-order valence-electron chi connectivity index (χ0n) is 11.3. The summed E-state index contributed by atoms with van der Waals surface area (Å²) in [5, 5.41) is 3.25. The number of nitrogens with zero attached hydrogens (tertiary/aromatic N) is 1. The Morgan fingerprint density at radius 3 is 2.79 bits per heavy atom. The molecule has 1 aliphatic carbocycles. The van der Waals surface area contributed by atoms with E-state index in [0.717, 1.165) is 12.1 Å². The number of rotatable bonds is 3. The summed E-state index contributed by atoms with van der Waals surface area (Å²) in [6, 6.07) is 6.30. The van der Waals surface area contributed by atoms with Gasteiger partial charge in [0.25, 0.3) is 0 Å². The van der Waals surface area contributed by atoms with E-state index in [9.17, 15) is 9.18 Å². The van der Waals surface area contributed by atoms with Gasteiger partial charge in [0, 0.05) is 6.54 Å². The minimum Gasteiger partial charge on any atom is -0.321 e. The highest BCUT2D eigenvalue weighted by atomic mass is 19.1. The molecule has 1 saturated carbocycles. The third-order valence-electron chi connectivity index (χ3n) is 4.24. The number of carbonyl (C=O) groups is 1. The lowest BCUT2D eigenvalue weighted by atomic mass is 10.1. The van der Waals surface area contributed by atoms with E-state index in [1.165, 1.54) is 18.6 Å². The van der Waals surface area contributed by atoms with Crippen molar-refractivity contribution in [1.82, 2.24) is 10.2 Å². The number of halogens is 1. The van der Waals surface area contributed by atoms with Gasteiger partial charge in [-0.1, -0.05) is 19.1 Å². The van der Waals surface area contributed by atoms with Crippen LogP contribution in [0, 0.1) is 17.7 Å². The van der Waals surface area contributed by atoms with Crippen molar-refractivity contribution in [3.63, 3.8) is 0 Å². The molecular formula is C15H19FN2O. The molecule has 19 heavy (non-hydrogen) atoms. The van der Waals surface area contributed by atoms with Gasteiger partial charge in [0.2, 0.25) is 5.91 Å². The third-order valence-corrected chi connectivity index (χ3v) is 4.24. The number of hydrogen-bond acceptors (Lipinski definition) is 2. The monoisotopic (exact) mass is 262 g/mol.